The SMILES string of the molecule is CN1C(=O)C(O)c2ccc(Sc3cc(F)ccc3F)cc21. The van der Waals surface area contributed by atoms with Crippen LogP contribution in [-0.4, -0.2) is 18.1 Å². The second-order valence-electron chi connectivity index (χ2n) is 4.70. The number of aliphatic hydroxyl groups excluding tert-OH is 1. The zero-order chi connectivity index (χ0) is 15.1. The molecule has 6 heteroatoms. The van der Waals surface area contributed by atoms with Crippen molar-refractivity contribution in [3.8, 4) is 0 Å². The lowest BCUT2D eigenvalue weighted by atomic mass is 10.1. The Morgan fingerprint density at radius 1 is 1.19 bits per heavy atom. The van der Waals surface area contributed by atoms with Crippen LogP contribution >= 0.6 is 11.8 Å². The quantitative estimate of drug-likeness (QED) is 0.926. The molecule has 1 aliphatic heterocycles. The number of benzene rings is 2. The van der Waals surface area contributed by atoms with Crippen molar-refractivity contribution in [2.45, 2.75) is 15.9 Å². The van der Waals surface area contributed by atoms with Crippen LogP contribution in [0.3, 0.4) is 0 Å². The van der Waals surface area contributed by atoms with Crippen LogP contribution in [0.4, 0.5) is 14.5 Å². The number of hydrogen-bond donors (Lipinski definition) is 1. The predicted octanol–water partition coefficient (Wildman–Crippen LogP) is 3.13. The van der Waals surface area contributed by atoms with Crippen LogP contribution in [0, 0.1) is 11.6 Å². The van der Waals surface area contributed by atoms with E-state index in [1.54, 1.807) is 25.2 Å². The molecule has 108 valence electrons. The van der Waals surface area contributed by atoms with Crippen LogP contribution in [-0.2, 0) is 4.79 Å². The van der Waals surface area contributed by atoms with Crippen LogP contribution < -0.4 is 4.90 Å². The average Bonchev–Trinajstić information content (AvgIpc) is 2.68. The first-order valence-electron chi connectivity index (χ1n) is 6.20. The topological polar surface area (TPSA) is 40.5 Å². The monoisotopic (exact) mass is 307 g/mol. The van der Waals surface area contributed by atoms with Gasteiger partial charge in [0, 0.05) is 17.5 Å². The van der Waals surface area contributed by atoms with Gasteiger partial charge in [-0.15, -0.1) is 0 Å². The van der Waals surface area contributed by atoms with Gasteiger partial charge < -0.3 is 10.0 Å². The van der Waals surface area contributed by atoms with Crippen LogP contribution in [0.1, 0.15) is 11.7 Å². The molecule has 1 atom stereocenters. The van der Waals surface area contributed by atoms with Crippen molar-refractivity contribution in [1.29, 1.82) is 0 Å². The summed E-state index contributed by atoms with van der Waals surface area (Å²) in [6.07, 6.45) is -1.16. The Hall–Kier alpha value is -1.92. The molecule has 0 saturated heterocycles. The van der Waals surface area contributed by atoms with Crippen molar-refractivity contribution in [2.75, 3.05) is 11.9 Å². The van der Waals surface area contributed by atoms with Gasteiger partial charge in [0.2, 0.25) is 0 Å². The fourth-order valence-corrected chi connectivity index (χ4v) is 3.12. The number of hydrogen-bond acceptors (Lipinski definition) is 3. The van der Waals surface area contributed by atoms with Crippen molar-refractivity contribution in [3.05, 3.63) is 53.6 Å². The predicted molar refractivity (Wildman–Crippen MR) is 75.3 cm³/mol. The number of amides is 1. The molecule has 2 aromatic rings. The molecule has 1 heterocycles. The molecule has 3 rings (SSSR count). The van der Waals surface area contributed by atoms with E-state index in [0.717, 1.165) is 30.0 Å². The Balaban J connectivity index is 1.95. The fraction of sp³-hybridized carbons (Fsp3) is 0.133. The molecule has 0 fully saturated rings. The van der Waals surface area contributed by atoms with Gasteiger partial charge in [-0.3, -0.25) is 4.79 Å². The Labute approximate surface area is 124 Å². The summed E-state index contributed by atoms with van der Waals surface area (Å²) in [4.78, 5) is 13.9. The minimum atomic E-state index is -1.16. The molecule has 3 nitrogen and oxygen atoms in total. The highest BCUT2D eigenvalue weighted by Crippen LogP contribution is 2.39. The normalized spacial score (nSPS) is 17.2. The molecule has 0 spiro atoms. The van der Waals surface area contributed by atoms with Crippen molar-refractivity contribution in [1.82, 2.24) is 0 Å². The second kappa shape index (κ2) is 5.13. The molecule has 0 saturated carbocycles. The summed E-state index contributed by atoms with van der Waals surface area (Å²) in [5.74, 6) is -1.42. The summed E-state index contributed by atoms with van der Waals surface area (Å²) in [5, 5.41) is 9.77. The number of nitrogens with zero attached hydrogens (tertiary/aromatic N) is 1. The summed E-state index contributed by atoms with van der Waals surface area (Å²) >= 11 is 1.06. The summed E-state index contributed by atoms with van der Waals surface area (Å²) in [5.41, 5.74) is 1.10. The molecular formula is C15H11F2NO2S. The van der Waals surface area contributed by atoms with Crippen LogP contribution in [0.2, 0.25) is 0 Å². The van der Waals surface area contributed by atoms with E-state index in [1.807, 2.05) is 0 Å². The Bertz CT molecular complexity index is 736. The number of rotatable bonds is 2. The number of aliphatic hydroxyl groups is 1. The van der Waals surface area contributed by atoms with Crippen molar-refractivity contribution in [3.63, 3.8) is 0 Å². The number of halogens is 2. The van der Waals surface area contributed by atoms with Gasteiger partial charge in [-0.25, -0.2) is 8.78 Å². The minimum absolute atomic E-state index is 0.169. The molecule has 1 unspecified atom stereocenters. The first-order chi connectivity index (χ1) is 9.97. The number of likely N-dealkylation sites (N-methyl/N-ethyl adjacent to an activating group) is 1. The molecule has 1 amide bonds. The van der Waals surface area contributed by atoms with E-state index in [4.69, 9.17) is 0 Å². The smallest absolute Gasteiger partial charge is 0.260 e. The molecule has 0 aromatic heterocycles. The van der Waals surface area contributed by atoms with Crippen LogP contribution in [0.5, 0.6) is 0 Å². The molecule has 0 bridgehead atoms. The summed E-state index contributed by atoms with van der Waals surface area (Å²) in [7, 11) is 1.56. The average molecular weight is 307 g/mol. The number of anilines is 1. The summed E-state index contributed by atoms with van der Waals surface area (Å²) < 4.78 is 26.8. The lowest BCUT2D eigenvalue weighted by Gasteiger charge is -2.11. The highest BCUT2D eigenvalue weighted by Gasteiger charge is 2.33. The largest absolute Gasteiger partial charge is 0.378 e. The van der Waals surface area contributed by atoms with Gasteiger partial charge in [0.05, 0.1) is 10.6 Å². The van der Waals surface area contributed by atoms with E-state index >= 15 is 0 Å². The standard InChI is InChI=1S/C15H11F2NO2S/c1-18-12-7-9(3-4-10(12)14(19)15(18)20)21-13-6-8(16)2-5-11(13)17/h2-7,14,19H,1H3. The number of carbonyl (C=O) groups is 1. The van der Waals surface area contributed by atoms with E-state index in [9.17, 15) is 18.7 Å². The third-order valence-electron chi connectivity index (χ3n) is 3.34. The highest BCUT2D eigenvalue weighted by molar-refractivity contribution is 7.99. The first kappa shape index (κ1) is 14.0. The van der Waals surface area contributed by atoms with Gasteiger partial charge in [-0.2, -0.15) is 0 Å². The molecule has 1 aliphatic rings. The number of carbonyl (C=O) groups excluding carboxylic acids is 1. The van der Waals surface area contributed by atoms with E-state index < -0.39 is 23.6 Å². The highest BCUT2D eigenvalue weighted by atomic mass is 32.2. The maximum Gasteiger partial charge on any atom is 0.260 e. The molecular weight excluding hydrogens is 296 g/mol. The zero-order valence-electron chi connectivity index (χ0n) is 11.0. The minimum Gasteiger partial charge on any atom is -0.378 e. The van der Waals surface area contributed by atoms with Crippen molar-refractivity contribution < 1.29 is 18.7 Å². The third kappa shape index (κ3) is 2.41. The lowest BCUT2D eigenvalue weighted by molar-refractivity contribution is -0.125. The molecule has 2 aromatic carbocycles. The lowest BCUT2D eigenvalue weighted by Crippen LogP contribution is -2.23. The summed E-state index contributed by atoms with van der Waals surface area (Å²) in [6.45, 7) is 0. The zero-order valence-corrected chi connectivity index (χ0v) is 11.8. The van der Waals surface area contributed by atoms with E-state index in [-0.39, 0.29) is 4.90 Å². The van der Waals surface area contributed by atoms with Gasteiger partial charge >= 0.3 is 0 Å². The Kier molecular flexibility index (Phi) is 3.43. The summed E-state index contributed by atoms with van der Waals surface area (Å²) in [6, 6.07) is 8.23. The van der Waals surface area contributed by atoms with Gasteiger partial charge in [0.25, 0.3) is 5.91 Å². The van der Waals surface area contributed by atoms with Gasteiger partial charge in [-0.1, -0.05) is 17.8 Å². The molecule has 1 N–H and O–H groups in total. The van der Waals surface area contributed by atoms with E-state index in [2.05, 4.69) is 0 Å². The molecule has 21 heavy (non-hydrogen) atoms. The maximum atomic E-state index is 13.6. The van der Waals surface area contributed by atoms with Crippen molar-refractivity contribution >= 4 is 23.4 Å². The molecule has 0 aliphatic carbocycles. The Morgan fingerprint density at radius 3 is 2.71 bits per heavy atom. The second-order valence-corrected chi connectivity index (χ2v) is 5.81. The van der Waals surface area contributed by atoms with E-state index in [1.165, 1.54) is 4.90 Å². The van der Waals surface area contributed by atoms with Gasteiger partial charge in [0.1, 0.15) is 11.6 Å². The van der Waals surface area contributed by atoms with Gasteiger partial charge in [-0.05, 0) is 30.3 Å². The van der Waals surface area contributed by atoms with Gasteiger partial charge in [0.15, 0.2) is 6.10 Å². The first-order valence-corrected chi connectivity index (χ1v) is 7.01. The number of fused-ring (bicyclic) bond motifs is 1. The third-order valence-corrected chi connectivity index (χ3v) is 4.37. The fourth-order valence-electron chi connectivity index (χ4n) is 2.23. The van der Waals surface area contributed by atoms with Crippen molar-refractivity contribution in [2.24, 2.45) is 0 Å². The van der Waals surface area contributed by atoms with Crippen LogP contribution in [0.25, 0.3) is 0 Å². The maximum absolute atomic E-state index is 13.6. The van der Waals surface area contributed by atoms with Crippen LogP contribution in [0.15, 0.2) is 46.2 Å². The Morgan fingerprint density at radius 2 is 1.95 bits per heavy atom. The van der Waals surface area contributed by atoms with E-state index in [0.29, 0.717) is 16.1 Å². The molecule has 0 radical (unpaired) electrons.